The highest BCUT2D eigenvalue weighted by atomic mass is 16.5. The third-order valence-corrected chi connectivity index (χ3v) is 3.58. The third kappa shape index (κ3) is 3.29. The molecular weight excluding hydrogens is 270 g/mol. The van der Waals surface area contributed by atoms with E-state index in [9.17, 15) is 0 Å². The van der Waals surface area contributed by atoms with Crippen LogP contribution in [0.5, 0.6) is 0 Å². The van der Waals surface area contributed by atoms with Crippen LogP contribution in [0.2, 0.25) is 0 Å². The van der Waals surface area contributed by atoms with Crippen molar-refractivity contribution < 1.29 is 14.0 Å². The van der Waals surface area contributed by atoms with Crippen LogP contribution >= 0.6 is 0 Å². The maximum absolute atomic E-state index is 5.56. The van der Waals surface area contributed by atoms with Gasteiger partial charge in [0.1, 0.15) is 0 Å². The maximum atomic E-state index is 5.56. The molecule has 2 heterocycles. The molecule has 0 spiro atoms. The Bertz CT molecular complexity index is 558. The van der Waals surface area contributed by atoms with Gasteiger partial charge in [0.05, 0.1) is 25.9 Å². The SMILES string of the molecule is COCCN1CCOC[C@@H]1c1noc(-c2ccccc2)n1. The van der Waals surface area contributed by atoms with Crippen LogP contribution in [-0.2, 0) is 9.47 Å². The summed E-state index contributed by atoms with van der Waals surface area (Å²) in [4.78, 5) is 6.79. The number of morpholine rings is 1. The second-order valence-corrected chi connectivity index (χ2v) is 4.94. The number of hydrogen-bond donors (Lipinski definition) is 0. The summed E-state index contributed by atoms with van der Waals surface area (Å²) in [5.41, 5.74) is 0.927. The minimum atomic E-state index is 0.0233. The van der Waals surface area contributed by atoms with Crippen LogP contribution in [-0.4, -0.2) is 55.1 Å². The second-order valence-electron chi connectivity index (χ2n) is 4.94. The van der Waals surface area contributed by atoms with Gasteiger partial charge < -0.3 is 14.0 Å². The molecule has 1 aromatic carbocycles. The molecule has 0 amide bonds. The second kappa shape index (κ2) is 6.80. The Kier molecular flexibility index (Phi) is 4.59. The van der Waals surface area contributed by atoms with Gasteiger partial charge in [0, 0.05) is 25.8 Å². The van der Waals surface area contributed by atoms with Crippen LogP contribution in [0.1, 0.15) is 11.9 Å². The quantitative estimate of drug-likeness (QED) is 0.836. The highest BCUT2D eigenvalue weighted by Gasteiger charge is 2.28. The first-order valence-corrected chi connectivity index (χ1v) is 7.08. The summed E-state index contributed by atoms with van der Waals surface area (Å²) in [6, 6.07) is 9.80. The van der Waals surface area contributed by atoms with Crippen molar-refractivity contribution in [2.24, 2.45) is 0 Å². The molecule has 21 heavy (non-hydrogen) atoms. The Hall–Kier alpha value is -1.76. The van der Waals surface area contributed by atoms with Gasteiger partial charge in [0.2, 0.25) is 0 Å². The van der Waals surface area contributed by atoms with Crippen molar-refractivity contribution in [3.63, 3.8) is 0 Å². The molecule has 6 heteroatoms. The molecule has 0 radical (unpaired) electrons. The molecule has 0 saturated carbocycles. The van der Waals surface area contributed by atoms with Crippen molar-refractivity contribution in [2.45, 2.75) is 6.04 Å². The van der Waals surface area contributed by atoms with E-state index in [0.717, 1.165) is 25.3 Å². The monoisotopic (exact) mass is 289 g/mol. The van der Waals surface area contributed by atoms with Crippen LogP contribution in [0, 0.1) is 0 Å². The molecule has 112 valence electrons. The van der Waals surface area contributed by atoms with Gasteiger partial charge in [-0.15, -0.1) is 0 Å². The van der Waals surface area contributed by atoms with E-state index in [1.54, 1.807) is 7.11 Å². The third-order valence-electron chi connectivity index (χ3n) is 3.58. The van der Waals surface area contributed by atoms with Crippen molar-refractivity contribution >= 4 is 0 Å². The number of aromatic nitrogens is 2. The van der Waals surface area contributed by atoms with Gasteiger partial charge >= 0.3 is 0 Å². The van der Waals surface area contributed by atoms with Crippen molar-refractivity contribution in [1.29, 1.82) is 0 Å². The molecule has 3 rings (SSSR count). The first-order chi connectivity index (χ1) is 10.4. The minimum absolute atomic E-state index is 0.0233. The van der Waals surface area contributed by atoms with E-state index in [-0.39, 0.29) is 6.04 Å². The molecule has 1 aliphatic heterocycles. The first-order valence-electron chi connectivity index (χ1n) is 7.08. The normalized spacial score (nSPS) is 19.8. The Morgan fingerprint density at radius 1 is 1.33 bits per heavy atom. The number of methoxy groups -OCH3 is 1. The largest absolute Gasteiger partial charge is 0.383 e. The highest BCUT2D eigenvalue weighted by Crippen LogP contribution is 2.24. The van der Waals surface area contributed by atoms with Crippen molar-refractivity contribution in [2.75, 3.05) is 40.0 Å². The Morgan fingerprint density at radius 2 is 2.19 bits per heavy atom. The van der Waals surface area contributed by atoms with Gasteiger partial charge in [-0.1, -0.05) is 23.4 Å². The van der Waals surface area contributed by atoms with E-state index in [1.165, 1.54) is 0 Å². The first kappa shape index (κ1) is 14.2. The smallest absolute Gasteiger partial charge is 0.257 e. The zero-order valence-electron chi connectivity index (χ0n) is 12.1. The lowest BCUT2D eigenvalue weighted by Crippen LogP contribution is -2.41. The molecule has 0 unspecified atom stereocenters. The van der Waals surface area contributed by atoms with Crippen molar-refractivity contribution in [3.05, 3.63) is 36.2 Å². The average molecular weight is 289 g/mol. The van der Waals surface area contributed by atoms with E-state index in [2.05, 4.69) is 15.0 Å². The number of ether oxygens (including phenoxy) is 2. The molecule has 1 atom stereocenters. The maximum Gasteiger partial charge on any atom is 0.257 e. The fourth-order valence-electron chi connectivity index (χ4n) is 2.42. The van der Waals surface area contributed by atoms with Gasteiger partial charge in [-0.25, -0.2) is 0 Å². The topological polar surface area (TPSA) is 60.6 Å². The van der Waals surface area contributed by atoms with Crippen LogP contribution in [0.3, 0.4) is 0 Å². The van der Waals surface area contributed by atoms with Gasteiger partial charge in [0.25, 0.3) is 5.89 Å². The van der Waals surface area contributed by atoms with Crippen LogP contribution < -0.4 is 0 Å². The van der Waals surface area contributed by atoms with Crippen molar-refractivity contribution in [3.8, 4) is 11.5 Å². The summed E-state index contributed by atoms with van der Waals surface area (Å²) < 4.78 is 16.1. The van der Waals surface area contributed by atoms with Gasteiger partial charge in [0.15, 0.2) is 5.82 Å². The molecule has 0 aliphatic carbocycles. The molecule has 6 nitrogen and oxygen atoms in total. The predicted molar refractivity (Wildman–Crippen MR) is 76.7 cm³/mol. The lowest BCUT2D eigenvalue weighted by atomic mass is 10.2. The summed E-state index contributed by atoms with van der Waals surface area (Å²) in [6.07, 6.45) is 0. The van der Waals surface area contributed by atoms with Crippen LogP contribution in [0.15, 0.2) is 34.9 Å². The zero-order chi connectivity index (χ0) is 14.5. The van der Waals surface area contributed by atoms with Crippen molar-refractivity contribution in [1.82, 2.24) is 15.0 Å². The number of rotatable bonds is 5. The minimum Gasteiger partial charge on any atom is -0.383 e. The number of hydrogen-bond acceptors (Lipinski definition) is 6. The van der Waals surface area contributed by atoms with Gasteiger partial charge in [-0.2, -0.15) is 4.98 Å². The average Bonchev–Trinajstić information content (AvgIpc) is 3.04. The summed E-state index contributed by atoms with van der Waals surface area (Å²) in [5, 5.41) is 4.13. The van der Waals surface area contributed by atoms with E-state index < -0.39 is 0 Å². The number of nitrogens with zero attached hydrogens (tertiary/aromatic N) is 3. The summed E-state index contributed by atoms with van der Waals surface area (Å²) in [6.45, 7) is 3.67. The summed E-state index contributed by atoms with van der Waals surface area (Å²) in [7, 11) is 1.71. The Labute approximate surface area is 123 Å². The Morgan fingerprint density at radius 3 is 3.00 bits per heavy atom. The van der Waals surface area contributed by atoms with E-state index >= 15 is 0 Å². The van der Waals surface area contributed by atoms with Gasteiger partial charge in [-0.05, 0) is 12.1 Å². The van der Waals surface area contributed by atoms with E-state index in [1.807, 2.05) is 30.3 Å². The molecule has 1 fully saturated rings. The molecule has 0 N–H and O–H groups in total. The fraction of sp³-hybridized carbons (Fsp3) is 0.467. The summed E-state index contributed by atoms with van der Waals surface area (Å²) in [5.74, 6) is 1.22. The molecule has 1 saturated heterocycles. The van der Waals surface area contributed by atoms with E-state index in [0.29, 0.717) is 24.9 Å². The predicted octanol–water partition coefficient (Wildman–Crippen LogP) is 1.76. The standard InChI is InChI=1S/C15H19N3O3/c1-19-9-7-18-8-10-20-11-13(18)14-16-15(21-17-14)12-5-3-2-4-6-12/h2-6,13H,7-11H2,1H3/t13-/m1/s1. The van der Waals surface area contributed by atoms with E-state index in [4.69, 9.17) is 14.0 Å². The Balaban J connectivity index is 1.77. The van der Waals surface area contributed by atoms with Crippen LogP contribution in [0.25, 0.3) is 11.5 Å². The van der Waals surface area contributed by atoms with Gasteiger partial charge in [-0.3, -0.25) is 4.90 Å². The molecular formula is C15H19N3O3. The lowest BCUT2D eigenvalue weighted by Gasteiger charge is -2.33. The highest BCUT2D eigenvalue weighted by molar-refractivity contribution is 5.52. The molecule has 1 aromatic heterocycles. The molecule has 2 aromatic rings. The molecule has 0 bridgehead atoms. The summed E-state index contributed by atoms with van der Waals surface area (Å²) >= 11 is 0. The van der Waals surface area contributed by atoms with Crippen LogP contribution in [0.4, 0.5) is 0 Å². The number of benzene rings is 1. The lowest BCUT2D eigenvalue weighted by molar-refractivity contribution is -0.0213. The molecule has 1 aliphatic rings. The zero-order valence-corrected chi connectivity index (χ0v) is 12.1. The fourth-order valence-corrected chi connectivity index (χ4v) is 2.42.